The average Bonchev–Trinajstić information content (AvgIpc) is 3.37. The minimum Gasteiger partial charge on any atom is -0.436 e. The van der Waals surface area contributed by atoms with Crippen LogP contribution < -0.4 is 0 Å². The van der Waals surface area contributed by atoms with E-state index in [1.165, 1.54) is 12.1 Å². The molecule has 5 aromatic rings. The first-order valence-corrected chi connectivity index (χ1v) is 10.0. The third kappa shape index (κ3) is 3.89. The number of oxazole rings is 1. The van der Waals surface area contributed by atoms with Crippen LogP contribution in [0.15, 0.2) is 83.4 Å². The average molecular weight is 433 g/mol. The normalized spacial score (nSPS) is 11.9. The number of nitrogens with zero attached hydrogens (tertiary/aromatic N) is 3. The van der Waals surface area contributed by atoms with E-state index in [4.69, 9.17) is 4.42 Å². The molecule has 2 aromatic heterocycles. The van der Waals surface area contributed by atoms with Gasteiger partial charge in [-0.3, -0.25) is 4.68 Å². The Morgan fingerprint density at radius 3 is 2.41 bits per heavy atom. The summed E-state index contributed by atoms with van der Waals surface area (Å²) in [4.78, 5) is 4.59. The first kappa shape index (κ1) is 20.1. The molecule has 0 aliphatic heterocycles. The van der Waals surface area contributed by atoms with Gasteiger partial charge in [-0.25, -0.2) is 4.98 Å². The maximum absolute atomic E-state index is 13.0. The van der Waals surface area contributed by atoms with E-state index in [-0.39, 0.29) is 0 Å². The van der Waals surface area contributed by atoms with Crippen LogP contribution in [0.4, 0.5) is 13.2 Å². The summed E-state index contributed by atoms with van der Waals surface area (Å²) < 4.78 is 46.8. The lowest BCUT2D eigenvalue weighted by Gasteiger charge is -2.07. The third-order valence-electron chi connectivity index (χ3n) is 5.21. The Labute approximate surface area is 181 Å². The molecule has 160 valence electrons. The summed E-state index contributed by atoms with van der Waals surface area (Å²) >= 11 is 0. The van der Waals surface area contributed by atoms with Crippen LogP contribution in [-0.4, -0.2) is 14.8 Å². The fraction of sp³-hybridized carbons (Fsp3) is 0.120. The molecule has 0 aliphatic carbocycles. The number of benzene rings is 3. The number of hydrogen-bond acceptors (Lipinski definition) is 3. The van der Waals surface area contributed by atoms with E-state index < -0.39 is 11.7 Å². The number of rotatable bonds is 4. The zero-order valence-corrected chi connectivity index (χ0v) is 17.1. The van der Waals surface area contributed by atoms with Gasteiger partial charge in [-0.2, -0.15) is 18.3 Å². The Bertz CT molecular complexity index is 1380. The molecule has 0 unspecified atom stereocenters. The Kier molecular flexibility index (Phi) is 4.81. The first-order valence-electron chi connectivity index (χ1n) is 10.0. The van der Waals surface area contributed by atoms with E-state index in [9.17, 15) is 13.2 Å². The molecular weight excluding hydrogens is 415 g/mol. The summed E-state index contributed by atoms with van der Waals surface area (Å²) in [7, 11) is 0. The number of fused-ring (bicyclic) bond motifs is 1. The van der Waals surface area contributed by atoms with Crippen molar-refractivity contribution < 1.29 is 17.6 Å². The van der Waals surface area contributed by atoms with Crippen LogP contribution >= 0.6 is 0 Å². The monoisotopic (exact) mass is 433 g/mol. The molecule has 0 atom stereocenters. The van der Waals surface area contributed by atoms with E-state index in [1.807, 2.05) is 61.7 Å². The molecule has 0 fully saturated rings. The molecular formula is C25H18F3N3O. The Morgan fingerprint density at radius 2 is 1.69 bits per heavy atom. The molecule has 3 aromatic carbocycles. The molecule has 7 heteroatoms. The molecule has 0 amide bonds. The predicted molar refractivity (Wildman–Crippen MR) is 116 cm³/mol. The van der Waals surface area contributed by atoms with Crippen LogP contribution in [0, 0.1) is 6.92 Å². The third-order valence-corrected chi connectivity index (χ3v) is 5.21. The van der Waals surface area contributed by atoms with Crippen molar-refractivity contribution in [3.63, 3.8) is 0 Å². The van der Waals surface area contributed by atoms with Crippen LogP contribution in [0.3, 0.4) is 0 Å². The summed E-state index contributed by atoms with van der Waals surface area (Å²) in [6.07, 6.45) is -2.58. The van der Waals surface area contributed by atoms with Gasteiger partial charge in [-0.05, 0) is 42.3 Å². The molecule has 0 saturated heterocycles. The molecule has 0 N–H and O–H groups in total. The van der Waals surface area contributed by atoms with Crippen LogP contribution in [0.1, 0.15) is 16.7 Å². The smallest absolute Gasteiger partial charge is 0.416 e. The lowest BCUT2D eigenvalue weighted by Crippen LogP contribution is -2.04. The van der Waals surface area contributed by atoms with Crippen LogP contribution in [0.25, 0.3) is 33.8 Å². The van der Waals surface area contributed by atoms with E-state index in [1.54, 1.807) is 4.68 Å². The highest BCUT2D eigenvalue weighted by molar-refractivity contribution is 5.82. The van der Waals surface area contributed by atoms with Crippen LogP contribution in [-0.2, 0) is 12.7 Å². The van der Waals surface area contributed by atoms with Gasteiger partial charge in [0.2, 0.25) is 5.89 Å². The van der Waals surface area contributed by atoms with Crippen molar-refractivity contribution in [2.24, 2.45) is 0 Å². The predicted octanol–water partition coefficient (Wildman–Crippen LogP) is 6.73. The molecule has 0 radical (unpaired) electrons. The highest BCUT2D eigenvalue weighted by atomic mass is 19.4. The van der Waals surface area contributed by atoms with Crippen molar-refractivity contribution in [3.8, 4) is 22.7 Å². The zero-order valence-electron chi connectivity index (χ0n) is 17.1. The van der Waals surface area contributed by atoms with Gasteiger partial charge < -0.3 is 4.42 Å². The maximum Gasteiger partial charge on any atom is 0.416 e. The van der Waals surface area contributed by atoms with Gasteiger partial charge >= 0.3 is 6.18 Å². The second kappa shape index (κ2) is 7.67. The van der Waals surface area contributed by atoms with Crippen LogP contribution in [0.5, 0.6) is 0 Å². The lowest BCUT2D eigenvalue weighted by atomic mass is 10.1. The van der Waals surface area contributed by atoms with Gasteiger partial charge in [0.15, 0.2) is 5.58 Å². The molecule has 32 heavy (non-hydrogen) atoms. The minimum atomic E-state index is -4.40. The minimum absolute atomic E-state index is 0.375. The summed E-state index contributed by atoms with van der Waals surface area (Å²) in [5.74, 6) is 0.375. The fourth-order valence-electron chi connectivity index (χ4n) is 3.61. The van der Waals surface area contributed by atoms with Gasteiger partial charge in [-0.1, -0.05) is 48.5 Å². The molecule has 0 spiro atoms. The van der Waals surface area contributed by atoms with Gasteiger partial charge in [0.25, 0.3) is 0 Å². The van der Waals surface area contributed by atoms with Crippen molar-refractivity contribution in [2.45, 2.75) is 19.6 Å². The molecule has 0 saturated carbocycles. The Morgan fingerprint density at radius 1 is 0.938 bits per heavy atom. The lowest BCUT2D eigenvalue weighted by molar-refractivity contribution is -0.137. The van der Waals surface area contributed by atoms with Gasteiger partial charge in [0.1, 0.15) is 11.2 Å². The fourth-order valence-corrected chi connectivity index (χ4v) is 3.61. The van der Waals surface area contributed by atoms with Gasteiger partial charge in [-0.15, -0.1) is 0 Å². The van der Waals surface area contributed by atoms with E-state index in [0.717, 1.165) is 23.3 Å². The number of aryl methyl sites for hydroxylation is 1. The van der Waals surface area contributed by atoms with Gasteiger partial charge in [0.05, 0.1) is 17.7 Å². The number of halogens is 3. The highest BCUT2D eigenvalue weighted by Gasteiger charge is 2.30. The molecule has 0 bridgehead atoms. The Hall–Kier alpha value is -3.87. The summed E-state index contributed by atoms with van der Waals surface area (Å²) in [6.45, 7) is 2.47. The number of alkyl halides is 3. The second-order valence-corrected chi connectivity index (χ2v) is 7.64. The Balaban J connectivity index is 1.61. The summed E-state index contributed by atoms with van der Waals surface area (Å²) in [5, 5.41) is 4.67. The van der Waals surface area contributed by atoms with Crippen LogP contribution in [0.2, 0.25) is 0 Å². The van der Waals surface area contributed by atoms with Crippen molar-refractivity contribution >= 4 is 11.1 Å². The SMILES string of the molecule is Cc1ccc2nc(-c3cn(Cc4ccccc4)nc3-c3ccc(C(F)(F)F)cc3)oc2c1. The quantitative estimate of drug-likeness (QED) is 0.315. The second-order valence-electron chi connectivity index (χ2n) is 7.64. The zero-order chi connectivity index (χ0) is 22.3. The number of aromatic nitrogens is 3. The van der Waals surface area contributed by atoms with Crippen molar-refractivity contribution in [1.29, 1.82) is 0 Å². The standard InChI is InChI=1S/C25H18F3N3O/c1-16-7-12-21-22(13-16)32-24(29-21)20-15-31(14-17-5-3-2-4-6-17)30-23(20)18-8-10-19(11-9-18)25(26,27)28/h2-13,15H,14H2,1H3. The van der Waals surface area contributed by atoms with Crippen molar-refractivity contribution in [3.05, 3.63) is 95.7 Å². The summed E-state index contributed by atoms with van der Waals surface area (Å²) in [6, 6.07) is 20.5. The summed E-state index contributed by atoms with van der Waals surface area (Å²) in [5.41, 5.74) is 4.43. The van der Waals surface area contributed by atoms with E-state index >= 15 is 0 Å². The highest BCUT2D eigenvalue weighted by Crippen LogP contribution is 2.35. The first-order chi connectivity index (χ1) is 15.4. The van der Waals surface area contributed by atoms with Crippen molar-refractivity contribution in [1.82, 2.24) is 14.8 Å². The van der Waals surface area contributed by atoms with Crippen molar-refractivity contribution in [2.75, 3.05) is 0 Å². The topological polar surface area (TPSA) is 43.9 Å². The molecule has 0 aliphatic rings. The number of hydrogen-bond donors (Lipinski definition) is 0. The largest absolute Gasteiger partial charge is 0.436 e. The molecule has 4 nitrogen and oxygen atoms in total. The molecule has 5 rings (SSSR count). The van der Waals surface area contributed by atoms with Gasteiger partial charge in [0, 0.05) is 11.8 Å². The maximum atomic E-state index is 13.0. The molecule has 2 heterocycles. The van der Waals surface area contributed by atoms with E-state index in [2.05, 4.69) is 10.1 Å². The van der Waals surface area contributed by atoms with E-state index in [0.29, 0.717) is 40.4 Å².